The predicted molar refractivity (Wildman–Crippen MR) is 106 cm³/mol. The molecule has 0 aliphatic heterocycles. The molecule has 1 amide bonds. The molecule has 5 nitrogen and oxygen atoms in total. The highest BCUT2D eigenvalue weighted by Gasteiger charge is 2.24. The maximum atomic E-state index is 12.7. The number of thiophene rings is 1. The second kappa shape index (κ2) is 7.91. The Balaban J connectivity index is 1.70. The zero-order valence-electron chi connectivity index (χ0n) is 15.2. The van der Waals surface area contributed by atoms with Crippen LogP contribution in [-0.4, -0.2) is 39.1 Å². The molecule has 1 saturated carbocycles. The van der Waals surface area contributed by atoms with Crippen LogP contribution in [0.25, 0.3) is 10.2 Å². The maximum Gasteiger partial charge on any atom is 0.233 e. The van der Waals surface area contributed by atoms with E-state index >= 15 is 0 Å². The second-order valence-corrected chi connectivity index (χ2v) is 8.76. The molecule has 0 unspecified atom stereocenters. The van der Waals surface area contributed by atoms with Gasteiger partial charge in [0, 0.05) is 17.5 Å². The van der Waals surface area contributed by atoms with Crippen LogP contribution in [0.2, 0.25) is 0 Å². The number of hydrogen-bond donors (Lipinski definition) is 1. The van der Waals surface area contributed by atoms with Crippen molar-refractivity contribution < 1.29 is 4.79 Å². The number of rotatable bonds is 5. The summed E-state index contributed by atoms with van der Waals surface area (Å²) in [5.74, 6) is 1.07. The fraction of sp³-hybridized carbons (Fsp3) is 0.611. The third-order valence-electron chi connectivity index (χ3n) is 5.04. The molecule has 0 radical (unpaired) electrons. The minimum absolute atomic E-state index is 0.181. The average Bonchev–Trinajstić information content (AvgIpc) is 2.89. The number of anilines is 1. The van der Waals surface area contributed by atoms with Gasteiger partial charge in [0.2, 0.25) is 5.91 Å². The van der Waals surface area contributed by atoms with Crippen LogP contribution in [0.5, 0.6) is 0 Å². The van der Waals surface area contributed by atoms with Gasteiger partial charge < -0.3 is 10.6 Å². The zero-order chi connectivity index (χ0) is 18.0. The maximum absolute atomic E-state index is 12.7. The largest absolute Gasteiger partial charge is 0.383 e. The number of thioether (sulfide) groups is 1. The minimum atomic E-state index is 0.181. The highest BCUT2D eigenvalue weighted by atomic mass is 32.2. The van der Waals surface area contributed by atoms with Gasteiger partial charge in [-0.1, -0.05) is 31.0 Å². The van der Waals surface area contributed by atoms with Crippen molar-refractivity contribution in [2.45, 2.75) is 64.1 Å². The number of carbonyl (C=O) groups is 1. The molecule has 2 aromatic heterocycles. The first kappa shape index (κ1) is 18.5. The number of aromatic nitrogens is 2. The molecule has 25 heavy (non-hydrogen) atoms. The topological polar surface area (TPSA) is 72.1 Å². The van der Waals surface area contributed by atoms with Gasteiger partial charge in [0.05, 0.1) is 11.1 Å². The number of aryl methyl sites for hydroxylation is 2. The number of carbonyl (C=O) groups excluding carboxylic acids is 1. The van der Waals surface area contributed by atoms with E-state index in [1.165, 1.54) is 35.9 Å². The molecule has 2 aromatic rings. The van der Waals surface area contributed by atoms with Crippen molar-refractivity contribution in [2.24, 2.45) is 0 Å². The number of nitrogens with zero attached hydrogens (tertiary/aromatic N) is 3. The lowest BCUT2D eigenvalue weighted by Gasteiger charge is -2.33. The molecule has 0 bridgehead atoms. The summed E-state index contributed by atoms with van der Waals surface area (Å²) in [6, 6.07) is 0.405. The minimum Gasteiger partial charge on any atom is -0.383 e. The average molecular weight is 379 g/mol. The van der Waals surface area contributed by atoms with E-state index in [0.29, 0.717) is 22.8 Å². The summed E-state index contributed by atoms with van der Waals surface area (Å²) in [5, 5.41) is 1.55. The molecule has 3 rings (SSSR count). The van der Waals surface area contributed by atoms with Gasteiger partial charge in [0.25, 0.3) is 0 Å². The number of amides is 1. The molecule has 1 fully saturated rings. The number of hydrogen-bond acceptors (Lipinski definition) is 6. The third kappa shape index (κ3) is 3.92. The summed E-state index contributed by atoms with van der Waals surface area (Å²) < 4.78 is 0. The van der Waals surface area contributed by atoms with Crippen molar-refractivity contribution >= 4 is 45.0 Å². The molecule has 0 aromatic carbocycles. The smallest absolute Gasteiger partial charge is 0.233 e. The van der Waals surface area contributed by atoms with Gasteiger partial charge in [-0.15, -0.1) is 11.3 Å². The number of nitrogens with two attached hydrogens (primary N) is 1. The van der Waals surface area contributed by atoms with Crippen LogP contribution in [0.1, 0.15) is 49.5 Å². The Bertz CT molecular complexity index is 768. The first-order valence-electron chi connectivity index (χ1n) is 8.96. The highest BCUT2D eigenvalue weighted by Crippen LogP contribution is 2.33. The standard InChI is InChI=1S/C18H26N4OS2/c1-4-22(13-8-6-5-7-9-13)14(23)10-24-18-20-16(19)15-11(2)12(3)25-17(15)21-18/h13H,4-10H2,1-3H3,(H2,19,20,21). The van der Waals surface area contributed by atoms with Crippen molar-refractivity contribution in [1.29, 1.82) is 0 Å². The fourth-order valence-corrected chi connectivity index (χ4v) is 5.40. The lowest BCUT2D eigenvalue weighted by Crippen LogP contribution is -2.42. The van der Waals surface area contributed by atoms with Crippen LogP contribution < -0.4 is 5.73 Å². The molecular formula is C18H26N4OS2. The van der Waals surface area contributed by atoms with Gasteiger partial charge in [-0.05, 0) is 39.2 Å². The number of fused-ring (bicyclic) bond motifs is 1. The molecule has 1 aliphatic rings. The lowest BCUT2D eigenvalue weighted by atomic mass is 9.94. The molecule has 0 spiro atoms. The van der Waals surface area contributed by atoms with E-state index in [9.17, 15) is 4.79 Å². The van der Waals surface area contributed by atoms with Gasteiger partial charge in [-0.2, -0.15) is 0 Å². The third-order valence-corrected chi connectivity index (χ3v) is 6.97. The van der Waals surface area contributed by atoms with Crippen molar-refractivity contribution in [3.63, 3.8) is 0 Å². The van der Waals surface area contributed by atoms with E-state index in [1.54, 1.807) is 11.3 Å². The normalized spacial score (nSPS) is 15.6. The summed E-state index contributed by atoms with van der Waals surface area (Å²) in [7, 11) is 0. The highest BCUT2D eigenvalue weighted by molar-refractivity contribution is 7.99. The van der Waals surface area contributed by atoms with Crippen molar-refractivity contribution in [1.82, 2.24) is 14.9 Å². The first-order chi connectivity index (χ1) is 12.0. The molecule has 1 aliphatic carbocycles. The SMILES string of the molecule is CCN(C(=O)CSc1nc(N)c2c(C)c(C)sc2n1)C1CCCCC1. The van der Waals surface area contributed by atoms with Gasteiger partial charge in [-0.25, -0.2) is 9.97 Å². The van der Waals surface area contributed by atoms with Crippen molar-refractivity contribution in [2.75, 3.05) is 18.0 Å². The van der Waals surface area contributed by atoms with E-state index < -0.39 is 0 Å². The molecule has 7 heteroatoms. The number of nitrogen functional groups attached to an aromatic ring is 1. The van der Waals surface area contributed by atoms with Gasteiger partial charge in [0.15, 0.2) is 5.16 Å². The van der Waals surface area contributed by atoms with E-state index in [4.69, 9.17) is 5.73 Å². The Hall–Kier alpha value is -1.34. The van der Waals surface area contributed by atoms with Gasteiger partial charge in [0.1, 0.15) is 10.6 Å². The summed E-state index contributed by atoms with van der Waals surface area (Å²) in [6.45, 7) is 6.96. The summed E-state index contributed by atoms with van der Waals surface area (Å²) in [4.78, 5) is 25.9. The van der Waals surface area contributed by atoms with E-state index in [1.807, 2.05) is 11.8 Å². The van der Waals surface area contributed by atoms with E-state index in [-0.39, 0.29) is 5.91 Å². The lowest BCUT2D eigenvalue weighted by molar-refractivity contribution is -0.131. The zero-order valence-corrected chi connectivity index (χ0v) is 16.8. The Labute approximate surface area is 157 Å². The van der Waals surface area contributed by atoms with Gasteiger partial charge in [-0.3, -0.25) is 4.79 Å². The summed E-state index contributed by atoms with van der Waals surface area (Å²) in [5.41, 5.74) is 7.28. The van der Waals surface area contributed by atoms with Gasteiger partial charge >= 0.3 is 0 Å². The molecule has 2 N–H and O–H groups in total. The molecule has 2 heterocycles. The Kier molecular flexibility index (Phi) is 5.84. The molecular weight excluding hydrogens is 352 g/mol. The summed E-state index contributed by atoms with van der Waals surface area (Å²) in [6.07, 6.45) is 6.02. The predicted octanol–water partition coefficient (Wildman–Crippen LogP) is 4.16. The molecule has 0 atom stereocenters. The van der Waals surface area contributed by atoms with Crippen LogP contribution in [0.15, 0.2) is 5.16 Å². The first-order valence-corrected chi connectivity index (χ1v) is 10.8. The molecule has 0 saturated heterocycles. The molecule has 136 valence electrons. The second-order valence-electron chi connectivity index (χ2n) is 6.62. The van der Waals surface area contributed by atoms with E-state index in [2.05, 4.69) is 23.8 Å². The van der Waals surface area contributed by atoms with Crippen LogP contribution in [0.3, 0.4) is 0 Å². The summed E-state index contributed by atoms with van der Waals surface area (Å²) >= 11 is 3.03. The van der Waals surface area contributed by atoms with Crippen LogP contribution >= 0.6 is 23.1 Å². The van der Waals surface area contributed by atoms with Crippen LogP contribution in [-0.2, 0) is 4.79 Å². The van der Waals surface area contributed by atoms with E-state index in [0.717, 1.165) is 35.2 Å². The monoisotopic (exact) mass is 378 g/mol. The quantitative estimate of drug-likeness (QED) is 0.625. The van der Waals surface area contributed by atoms with Crippen LogP contribution in [0, 0.1) is 13.8 Å². The Morgan fingerprint density at radius 2 is 2.00 bits per heavy atom. The van der Waals surface area contributed by atoms with Crippen LogP contribution in [0.4, 0.5) is 5.82 Å². The fourth-order valence-electron chi connectivity index (χ4n) is 3.56. The van der Waals surface area contributed by atoms with Crippen molar-refractivity contribution in [3.05, 3.63) is 10.4 Å². The Morgan fingerprint density at radius 3 is 2.68 bits per heavy atom. The van der Waals surface area contributed by atoms with Crippen molar-refractivity contribution in [3.8, 4) is 0 Å². The Morgan fingerprint density at radius 1 is 1.28 bits per heavy atom.